The Kier molecular flexibility index (Phi) is 8.50. The molecule has 1 saturated carbocycles. The van der Waals surface area contributed by atoms with Gasteiger partial charge in [-0.2, -0.15) is 44.3 Å². The van der Waals surface area contributed by atoms with Gasteiger partial charge in [-0.1, -0.05) is 11.2 Å². The number of tetrazole rings is 1. The van der Waals surface area contributed by atoms with Crippen molar-refractivity contribution in [2.24, 2.45) is 11.7 Å². The SMILES string of the molecule is Cc1cc2c(cc1C(F)(F)F)N(CC1CC1)CCCC2N(Cc1cc(C(F)(F)F)cc(C(F)(F)F)c1)c1nnn(CCN)n1. The maximum Gasteiger partial charge on any atom is 0.416 e. The van der Waals surface area contributed by atoms with E-state index < -0.39 is 47.8 Å². The van der Waals surface area contributed by atoms with E-state index in [1.54, 1.807) is 0 Å². The molecule has 1 fully saturated rings. The van der Waals surface area contributed by atoms with Gasteiger partial charge in [-0.05, 0) is 84.7 Å². The summed E-state index contributed by atoms with van der Waals surface area (Å²) in [5, 5.41) is 12.2. The van der Waals surface area contributed by atoms with Crippen molar-refractivity contribution in [1.82, 2.24) is 20.2 Å². The summed E-state index contributed by atoms with van der Waals surface area (Å²) < 4.78 is 124. The van der Waals surface area contributed by atoms with Crippen LogP contribution >= 0.6 is 0 Å². The number of rotatable bonds is 8. The summed E-state index contributed by atoms with van der Waals surface area (Å²) in [4.78, 5) is 4.46. The highest BCUT2D eigenvalue weighted by Gasteiger charge is 2.40. The molecule has 2 aliphatic rings. The van der Waals surface area contributed by atoms with Crippen LogP contribution in [-0.2, 0) is 31.6 Å². The number of halogens is 9. The molecular formula is C28H30F9N7. The Morgan fingerprint density at radius 2 is 1.55 bits per heavy atom. The van der Waals surface area contributed by atoms with Crippen molar-refractivity contribution in [3.63, 3.8) is 0 Å². The molecule has 5 rings (SSSR count). The van der Waals surface area contributed by atoms with Crippen LogP contribution in [0.15, 0.2) is 30.3 Å². The van der Waals surface area contributed by atoms with Crippen LogP contribution in [0.3, 0.4) is 0 Å². The van der Waals surface area contributed by atoms with Crippen molar-refractivity contribution in [2.75, 3.05) is 29.4 Å². The Bertz CT molecular complexity index is 1440. The zero-order chi connectivity index (χ0) is 32.0. The van der Waals surface area contributed by atoms with E-state index in [2.05, 4.69) is 15.4 Å². The molecule has 16 heteroatoms. The predicted molar refractivity (Wildman–Crippen MR) is 143 cm³/mol. The highest BCUT2D eigenvalue weighted by molar-refractivity contribution is 5.62. The summed E-state index contributed by atoms with van der Waals surface area (Å²) in [5.74, 6) is 0.225. The maximum absolute atomic E-state index is 14.0. The molecule has 44 heavy (non-hydrogen) atoms. The molecule has 1 aliphatic carbocycles. The average molecular weight is 636 g/mol. The summed E-state index contributed by atoms with van der Waals surface area (Å²) in [6.45, 7) is 2.02. The summed E-state index contributed by atoms with van der Waals surface area (Å²) in [6, 6.07) is 2.99. The number of nitrogens with two attached hydrogens (primary N) is 1. The van der Waals surface area contributed by atoms with Crippen molar-refractivity contribution >= 4 is 11.6 Å². The van der Waals surface area contributed by atoms with Gasteiger partial charge in [0.1, 0.15) is 0 Å². The molecule has 0 amide bonds. The monoisotopic (exact) mass is 635 g/mol. The van der Waals surface area contributed by atoms with Crippen LogP contribution in [0.1, 0.15) is 65.1 Å². The summed E-state index contributed by atoms with van der Waals surface area (Å²) in [5.41, 5.74) is 2.18. The lowest BCUT2D eigenvalue weighted by molar-refractivity contribution is -0.143. The first-order chi connectivity index (χ1) is 20.5. The Hall–Kier alpha value is -3.56. The van der Waals surface area contributed by atoms with E-state index in [-0.39, 0.29) is 36.2 Å². The minimum Gasteiger partial charge on any atom is -0.371 e. The van der Waals surface area contributed by atoms with Crippen molar-refractivity contribution < 1.29 is 39.5 Å². The van der Waals surface area contributed by atoms with Gasteiger partial charge in [-0.15, -0.1) is 5.10 Å². The van der Waals surface area contributed by atoms with E-state index in [0.717, 1.165) is 23.7 Å². The largest absolute Gasteiger partial charge is 0.416 e. The molecule has 1 aliphatic heterocycles. The number of fused-ring (bicyclic) bond motifs is 1. The van der Waals surface area contributed by atoms with Gasteiger partial charge in [-0.3, -0.25) is 0 Å². The van der Waals surface area contributed by atoms with Gasteiger partial charge in [0.25, 0.3) is 5.95 Å². The van der Waals surface area contributed by atoms with Crippen LogP contribution in [0.4, 0.5) is 51.1 Å². The predicted octanol–water partition coefficient (Wildman–Crippen LogP) is 6.75. The molecule has 2 N–H and O–H groups in total. The number of nitrogens with zero attached hydrogens (tertiary/aromatic N) is 6. The topological polar surface area (TPSA) is 76.1 Å². The Balaban J connectivity index is 1.66. The lowest BCUT2D eigenvalue weighted by Gasteiger charge is -2.33. The van der Waals surface area contributed by atoms with E-state index in [1.807, 2.05) is 4.90 Å². The number of alkyl halides is 9. The Morgan fingerprint density at radius 3 is 2.11 bits per heavy atom. The standard InChI is InChI=1S/C28H30F9N7/c1-16-9-21-23(3-2-7-42(14-17-4-5-17)24(21)13-22(16)28(35,36)37)43(25-39-41-44(40-25)8-6-38)15-18-10-19(26(29,30)31)12-20(11-18)27(32,33)34/h9-13,17,23H,2-8,14-15,38H2,1H3. The molecule has 1 unspecified atom stereocenters. The lowest BCUT2D eigenvalue weighted by Crippen LogP contribution is -2.31. The van der Waals surface area contributed by atoms with Crippen LogP contribution in [0.5, 0.6) is 0 Å². The van der Waals surface area contributed by atoms with Gasteiger partial charge in [0.05, 0.1) is 29.3 Å². The van der Waals surface area contributed by atoms with Crippen molar-refractivity contribution in [2.45, 2.75) is 70.3 Å². The average Bonchev–Trinajstić information content (AvgIpc) is 3.65. The molecule has 0 spiro atoms. The molecule has 0 saturated heterocycles. The third kappa shape index (κ3) is 7.05. The molecular weight excluding hydrogens is 605 g/mol. The smallest absolute Gasteiger partial charge is 0.371 e. The molecule has 1 atom stereocenters. The molecule has 0 bridgehead atoms. The third-order valence-electron chi connectivity index (χ3n) is 7.86. The van der Waals surface area contributed by atoms with E-state index in [0.29, 0.717) is 55.2 Å². The maximum atomic E-state index is 14.0. The number of benzene rings is 2. The first-order valence-electron chi connectivity index (χ1n) is 14.0. The molecule has 1 aromatic heterocycles. The second-order valence-electron chi connectivity index (χ2n) is 11.3. The number of aryl methyl sites for hydroxylation is 1. The van der Waals surface area contributed by atoms with Crippen LogP contribution in [0.25, 0.3) is 0 Å². The van der Waals surface area contributed by atoms with Crippen molar-refractivity contribution in [1.29, 1.82) is 0 Å². The van der Waals surface area contributed by atoms with Crippen LogP contribution < -0.4 is 15.5 Å². The number of anilines is 2. The fourth-order valence-corrected chi connectivity index (χ4v) is 5.63. The van der Waals surface area contributed by atoms with Gasteiger partial charge in [0.15, 0.2) is 0 Å². The van der Waals surface area contributed by atoms with E-state index in [1.165, 1.54) is 17.9 Å². The Labute approximate surface area is 246 Å². The van der Waals surface area contributed by atoms with Gasteiger partial charge >= 0.3 is 18.5 Å². The van der Waals surface area contributed by atoms with Gasteiger partial charge in [0.2, 0.25) is 0 Å². The highest BCUT2D eigenvalue weighted by Crippen LogP contribution is 2.45. The number of hydrogen-bond acceptors (Lipinski definition) is 6. The zero-order valence-corrected chi connectivity index (χ0v) is 23.6. The fourth-order valence-electron chi connectivity index (χ4n) is 5.63. The number of aromatic nitrogens is 4. The highest BCUT2D eigenvalue weighted by atomic mass is 19.4. The fraction of sp³-hybridized carbons (Fsp3) is 0.536. The molecule has 2 aromatic carbocycles. The van der Waals surface area contributed by atoms with Crippen molar-refractivity contribution in [3.8, 4) is 0 Å². The zero-order valence-electron chi connectivity index (χ0n) is 23.6. The lowest BCUT2D eigenvalue weighted by atomic mass is 9.94. The van der Waals surface area contributed by atoms with E-state index in [9.17, 15) is 39.5 Å². The van der Waals surface area contributed by atoms with Crippen LogP contribution in [-0.4, -0.2) is 39.8 Å². The van der Waals surface area contributed by atoms with E-state index in [4.69, 9.17) is 5.73 Å². The second-order valence-corrected chi connectivity index (χ2v) is 11.3. The second kappa shape index (κ2) is 11.7. The minimum atomic E-state index is -5.06. The minimum absolute atomic E-state index is 0.0440. The number of hydrogen-bond donors (Lipinski definition) is 1. The molecule has 7 nitrogen and oxygen atoms in total. The molecule has 0 radical (unpaired) electrons. The molecule has 240 valence electrons. The molecule has 2 heterocycles. The van der Waals surface area contributed by atoms with Gasteiger partial charge in [-0.25, -0.2) is 0 Å². The quantitative estimate of drug-likeness (QED) is 0.276. The van der Waals surface area contributed by atoms with Gasteiger partial charge < -0.3 is 15.5 Å². The summed E-state index contributed by atoms with van der Waals surface area (Å²) in [6.07, 6.45) is -12.1. The summed E-state index contributed by atoms with van der Waals surface area (Å²) in [7, 11) is 0. The first-order valence-corrected chi connectivity index (χ1v) is 14.0. The van der Waals surface area contributed by atoms with Crippen LogP contribution in [0, 0.1) is 12.8 Å². The first kappa shape index (κ1) is 31.9. The Morgan fingerprint density at radius 1 is 0.886 bits per heavy atom. The normalized spacial score (nSPS) is 17.9. The van der Waals surface area contributed by atoms with Crippen molar-refractivity contribution in [3.05, 3.63) is 63.7 Å². The molecule has 3 aromatic rings. The summed E-state index contributed by atoms with van der Waals surface area (Å²) >= 11 is 0. The third-order valence-corrected chi connectivity index (χ3v) is 7.86. The van der Waals surface area contributed by atoms with Crippen LogP contribution in [0.2, 0.25) is 0 Å². The van der Waals surface area contributed by atoms with Gasteiger partial charge in [0, 0.05) is 31.9 Å². The van der Waals surface area contributed by atoms with E-state index >= 15 is 0 Å².